The zero-order chi connectivity index (χ0) is 20.9. The number of benzene rings is 1. The van der Waals surface area contributed by atoms with Crippen LogP contribution in [0.5, 0.6) is 0 Å². The van der Waals surface area contributed by atoms with Gasteiger partial charge in [-0.05, 0) is 62.2 Å². The Morgan fingerprint density at radius 2 is 2.00 bits per heavy atom. The summed E-state index contributed by atoms with van der Waals surface area (Å²) in [5.41, 5.74) is 6.32. The summed E-state index contributed by atoms with van der Waals surface area (Å²) in [4.78, 5) is 16.6. The first-order valence-corrected chi connectivity index (χ1v) is 9.47. The van der Waals surface area contributed by atoms with Gasteiger partial charge in [0, 0.05) is 33.7 Å². The molecule has 0 spiro atoms. The van der Waals surface area contributed by atoms with E-state index in [-0.39, 0.29) is 11.3 Å². The van der Waals surface area contributed by atoms with Gasteiger partial charge in [0.25, 0.3) is 5.91 Å². The average Bonchev–Trinajstić information content (AvgIpc) is 2.62. The van der Waals surface area contributed by atoms with Gasteiger partial charge in [0.05, 0.1) is 0 Å². The Morgan fingerprint density at radius 1 is 1.29 bits per heavy atom. The van der Waals surface area contributed by atoms with Crippen molar-refractivity contribution in [1.82, 2.24) is 4.98 Å². The number of hydrogen-bond donors (Lipinski definition) is 2. The number of alkyl halides is 1. The largest absolute Gasteiger partial charge is 0.399 e. The molecule has 0 radical (unpaired) electrons. The first-order chi connectivity index (χ1) is 13.1. The highest BCUT2D eigenvalue weighted by molar-refractivity contribution is 6.33. The number of nitrogens with one attached hydrogen (secondary N) is 1. The SMILES string of the molecule is CC/C=C(\C=C(/N)C(C)(C)F)C(=O)Nc1ccc(Cl)c(-c2ccnc(Cl)c2)c1. The van der Waals surface area contributed by atoms with Crippen LogP contribution in [0.4, 0.5) is 10.1 Å². The van der Waals surface area contributed by atoms with Crippen molar-refractivity contribution in [3.63, 3.8) is 0 Å². The fourth-order valence-electron chi connectivity index (χ4n) is 2.37. The zero-order valence-corrected chi connectivity index (χ0v) is 17.4. The summed E-state index contributed by atoms with van der Waals surface area (Å²) in [5, 5.41) is 3.64. The first kappa shape index (κ1) is 21.9. The third-order valence-corrected chi connectivity index (χ3v) is 4.48. The lowest BCUT2D eigenvalue weighted by molar-refractivity contribution is -0.112. The number of amides is 1. The molecule has 0 bridgehead atoms. The standard InChI is InChI=1S/C21H22Cl2FN3O/c1-4-5-14(10-18(25)21(2,3)24)20(28)27-15-6-7-17(22)16(12-15)13-8-9-26-19(23)11-13/h5-12H,4,25H2,1-3H3,(H,27,28)/b14-5+,18-10-. The van der Waals surface area contributed by atoms with Crippen LogP contribution in [-0.4, -0.2) is 16.6 Å². The zero-order valence-electron chi connectivity index (χ0n) is 15.9. The molecule has 0 aliphatic carbocycles. The van der Waals surface area contributed by atoms with Crippen LogP contribution >= 0.6 is 23.2 Å². The molecule has 0 aliphatic heterocycles. The van der Waals surface area contributed by atoms with E-state index < -0.39 is 11.6 Å². The average molecular weight is 422 g/mol. The summed E-state index contributed by atoms with van der Waals surface area (Å²) in [6.45, 7) is 4.56. The minimum atomic E-state index is -1.72. The maximum Gasteiger partial charge on any atom is 0.255 e. The molecule has 2 rings (SSSR count). The van der Waals surface area contributed by atoms with Crippen LogP contribution in [0.25, 0.3) is 11.1 Å². The van der Waals surface area contributed by atoms with Gasteiger partial charge in [0.15, 0.2) is 0 Å². The number of pyridine rings is 1. The Labute approximate surface area is 174 Å². The Hall–Kier alpha value is -2.37. The lowest BCUT2D eigenvalue weighted by Gasteiger charge is -2.15. The van der Waals surface area contributed by atoms with Crippen molar-refractivity contribution in [3.8, 4) is 11.1 Å². The first-order valence-electron chi connectivity index (χ1n) is 8.71. The van der Waals surface area contributed by atoms with E-state index in [0.29, 0.717) is 27.8 Å². The smallest absolute Gasteiger partial charge is 0.255 e. The molecular weight excluding hydrogens is 400 g/mol. The molecule has 148 valence electrons. The summed E-state index contributed by atoms with van der Waals surface area (Å²) < 4.78 is 14.0. The molecule has 0 saturated heterocycles. The van der Waals surface area contributed by atoms with Crippen molar-refractivity contribution in [3.05, 3.63) is 70.1 Å². The van der Waals surface area contributed by atoms with Gasteiger partial charge < -0.3 is 11.1 Å². The minimum absolute atomic E-state index is 0.0226. The molecule has 0 unspecified atom stereocenters. The predicted molar refractivity (Wildman–Crippen MR) is 114 cm³/mol. The van der Waals surface area contributed by atoms with E-state index in [1.54, 1.807) is 42.6 Å². The molecule has 1 heterocycles. The van der Waals surface area contributed by atoms with Crippen molar-refractivity contribution < 1.29 is 9.18 Å². The quantitative estimate of drug-likeness (QED) is 0.345. The van der Waals surface area contributed by atoms with E-state index in [4.69, 9.17) is 28.9 Å². The van der Waals surface area contributed by atoms with E-state index >= 15 is 0 Å². The molecule has 28 heavy (non-hydrogen) atoms. The highest BCUT2D eigenvalue weighted by Gasteiger charge is 2.20. The van der Waals surface area contributed by atoms with Gasteiger partial charge >= 0.3 is 0 Å². The van der Waals surface area contributed by atoms with Crippen LogP contribution in [-0.2, 0) is 4.79 Å². The predicted octanol–water partition coefficient (Wildman–Crippen LogP) is 5.92. The van der Waals surface area contributed by atoms with Gasteiger partial charge in [-0.2, -0.15) is 0 Å². The molecule has 0 fully saturated rings. The molecule has 0 saturated carbocycles. The Morgan fingerprint density at radius 3 is 2.61 bits per heavy atom. The van der Waals surface area contributed by atoms with Crippen molar-refractivity contribution in [2.24, 2.45) is 5.73 Å². The Bertz CT molecular complexity index is 933. The molecule has 2 aromatic rings. The third-order valence-electron chi connectivity index (χ3n) is 3.95. The second-order valence-electron chi connectivity index (χ2n) is 6.66. The monoisotopic (exact) mass is 421 g/mol. The number of rotatable bonds is 6. The van der Waals surface area contributed by atoms with E-state index in [9.17, 15) is 9.18 Å². The number of carbonyl (C=O) groups excluding carboxylic acids is 1. The number of halogens is 3. The fraction of sp³-hybridized carbons (Fsp3) is 0.238. The van der Waals surface area contributed by atoms with Crippen LogP contribution in [0.2, 0.25) is 10.2 Å². The van der Waals surface area contributed by atoms with E-state index in [1.165, 1.54) is 19.9 Å². The second-order valence-corrected chi connectivity index (χ2v) is 7.45. The van der Waals surface area contributed by atoms with Crippen LogP contribution in [0.1, 0.15) is 27.2 Å². The van der Waals surface area contributed by atoms with Crippen LogP contribution in [0.15, 0.2) is 60.0 Å². The maximum atomic E-state index is 14.0. The number of allylic oxidation sites excluding steroid dienone is 2. The van der Waals surface area contributed by atoms with Gasteiger partial charge in [0.2, 0.25) is 0 Å². The molecule has 4 nitrogen and oxygen atoms in total. The molecule has 1 aromatic heterocycles. The van der Waals surface area contributed by atoms with Gasteiger partial charge in [-0.15, -0.1) is 0 Å². The maximum absolute atomic E-state index is 14.0. The number of nitrogens with two attached hydrogens (primary N) is 1. The van der Waals surface area contributed by atoms with Crippen LogP contribution < -0.4 is 11.1 Å². The number of aromatic nitrogens is 1. The van der Waals surface area contributed by atoms with Gasteiger partial charge in [0.1, 0.15) is 10.8 Å². The lowest BCUT2D eigenvalue weighted by Crippen LogP contribution is -2.24. The van der Waals surface area contributed by atoms with E-state index in [1.807, 2.05) is 6.92 Å². The molecule has 1 aromatic carbocycles. The molecule has 7 heteroatoms. The topological polar surface area (TPSA) is 68.0 Å². The van der Waals surface area contributed by atoms with E-state index in [0.717, 1.165) is 5.56 Å². The number of anilines is 1. The van der Waals surface area contributed by atoms with Gasteiger partial charge in [-0.25, -0.2) is 9.37 Å². The minimum Gasteiger partial charge on any atom is -0.399 e. The van der Waals surface area contributed by atoms with Gasteiger partial charge in [-0.1, -0.05) is 36.2 Å². The van der Waals surface area contributed by atoms with Crippen molar-refractivity contribution in [1.29, 1.82) is 0 Å². The van der Waals surface area contributed by atoms with Crippen LogP contribution in [0, 0.1) is 0 Å². The highest BCUT2D eigenvalue weighted by atomic mass is 35.5. The summed E-state index contributed by atoms with van der Waals surface area (Å²) in [6.07, 6.45) is 5.22. The molecule has 0 aliphatic rings. The summed E-state index contributed by atoms with van der Waals surface area (Å²) in [5.74, 6) is -0.393. The number of carbonyl (C=O) groups is 1. The second kappa shape index (κ2) is 9.22. The summed E-state index contributed by atoms with van der Waals surface area (Å²) in [6, 6.07) is 8.56. The summed E-state index contributed by atoms with van der Waals surface area (Å²) in [7, 11) is 0. The van der Waals surface area contributed by atoms with Gasteiger partial charge in [-0.3, -0.25) is 4.79 Å². The molecule has 1 amide bonds. The normalized spacial score (nSPS) is 12.8. The third kappa shape index (κ3) is 5.81. The van der Waals surface area contributed by atoms with E-state index in [2.05, 4.69) is 10.3 Å². The lowest BCUT2D eigenvalue weighted by atomic mass is 10.0. The molecule has 3 N–H and O–H groups in total. The fourth-order valence-corrected chi connectivity index (χ4v) is 2.77. The molecular formula is C21H22Cl2FN3O. The van der Waals surface area contributed by atoms with Crippen LogP contribution in [0.3, 0.4) is 0 Å². The number of hydrogen-bond acceptors (Lipinski definition) is 3. The highest BCUT2D eigenvalue weighted by Crippen LogP contribution is 2.31. The van der Waals surface area contributed by atoms with Crippen molar-refractivity contribution in [2.75, 3.05) is 5.32 Å². The summed E-state index contributed by atoms with van der Waals surface area (Å²) >= 11 is 12.2. The van der Waals surface area contributed by atoms with Crippen molar-refractivity contribution in [2.45, 2.75) is 32.9 Å². The molecule has 0 atom stereocenters. The Balaban J connectivity index is 2.33. The Kier molecular flexibility index (Phi) is 7.22. The van der Waals surface area contributed by atoms with Crippen molar-refractivity contribution >= 4 is 34.8 Å². The number of nitrogens with zero attached hydrogens (tertiary/aromatic N) is 1.